The molecule has 1 saturated carbocycles. The third kappa shape index (κ3) is 4.14. The van der Waals surface area contributed by atoms with E-state index in [1.165, 1.54) is 23.5 Å². The standard InChI is InChI=1S/C22H18N4O4S2/c27-21(24-14-5-6-14)13-1-3-15(4-2-13)26-32(29,30)16-7-8-19-17(11-16)18(22(28)25-19)12-20-23-9-10-31-20/h1-4,7-12,14,26H,5-6H2,(H,24,27)(H,25,28)/b18-12+. The zero-order valence-electron chi connectivity index (χ0n) is 16.7. The Morgan fingerprint density at radius 1 is 1.16 bits per heavy atom. The monoisotopic (exact) mass is 466 g/mol. The molecule has 2 aliphatic rings. The van der Waals surface area contributed by atoms with E-state index in [2.05, 4.69) is 20.3 Å². The fourth-order valence-corrected chi connectivity index (χ4v) is 4.96. The van der Waals surface area contributed by atoms with E-state index < -0.39 is 10.0 Å². The third-order valence-electron chi connectivity index (χ3n) is 5.12. The van der Waals surface area contributed by atoms with Gasteiger partial charge in [0.05, 0.1) is 10.5 Å². The van der Waals surface area contributed by atoms with Crippen molar-refractivity contribution in [1.29, 1.82) is 0 Å². The van der Waals surface area contributed by atoms with Crippen molar-refractivity contribution in [3.05, 3.63) is 70.2 Å². The van der Waals surface area contributed by atoms with Crippen LogP contribution in [-0.2, 0) is 14.8 Å². The van der Waals surface area contributed by atoms with Crippen LogP contribution < -0.4 is 15.4 Å². The van der Waals surface area contributed by atoms with Gasteiger partial charge in [0.1, 0.15) is 5.01 Å². The van der Waals surface area contributed by atoms with Gasteiger partial charge in [-0.25, -0.2) is 13.4 Å². The molecule has 5 rings (SSSR count). The van der Waals surface area contributed by atoms with E-state index in [4.69, 9.17) is 0 Å². The predicted molar refractivity (Wildman–Crippen MR) is 123 cm³/mol. The first-order chi connectivity index (χ1) is 15.4. The van der Waals surface area contributed by atoms with Crippen LogP contribution >= 0.6 is 11.3 Å². The Labute approximate surface area is 188 Å². The zero-order chi connectivity index (χ0) is 22.3. The highest BCUT2D eigenvalue weighted by molar-refractivity contribution is 7.92. The molecule has 0 bridgehead atoms. The van der Waals surface area contributed by atoms with Gasteiger partial charge in [0.25, 0.3) is 21.8 Å². The second-order valence-electron chi connectivity index (χ2n) is 7.52. The van der Waals surface area contributed by atoms with E-state index in [0.29, 0.717) is 33.1 Å². The maximum absolute atomic E-state index is 13.0. The van der Waals surface area contributed by atoms with E-state index in [-0.39, 0.29) is 22.8 Å². The van der Waals surface area contributed by atoms with Crippen molar-refractivity contribution in [2.45, 2.75) is 23.8 Å². The Balaban J connectivity index is 1.38. The minimum Gasteiger partial charge on any atom is -0.349 e. The number of rotatable bonds is 6. The second kappa shape index (κ2) is 7.88. The lowest BCUT2D eigenvalue weighted by Gasteiger charge is -2.10. The molecule has 0 unspecified atom stereocenters. The maximum atomic E-state index is 13.0. The number of carbonyl (C=O) groups excluding carboxylic acids is 2. The number of thiazole rings is 1. The number of benzene rings is 2. The molecule has 1 fully saturated rings. The van der Waals surface area contributed by atoms with Gasteiger partial charge in [-0.2, -0.15) is 0 Å². The van der Waals surface area contributed by atoms with E-state index in [0.717, 1.165) is 12.8 Å². The molecule has 1 aliphatic heterocycles. The number of nitrogens with zero attached hydrogens (tertiary/aromatic N) is 1. The lowest BCUT2D eigenvalue weighted by Crippen LogP contribution is -2.25. The predicted octanol–water partition coefficient (Wildman–Crippen LogP) is 3.33. The topological polar surface area (TPSA) is 117 Å². The summed E-state index contributed by atoms with van der Waals surface area (Å²) in [5, 5.41) is 8.08. The molecule has 1 aliphatic carbocycles. The number of fused-ring (bicyclic) bond motifs is 1. The number of sulfonamides is 1. The molecule has 32 heavy (non-hydrogen) atoms. The number of carbonyl (C=O) groups is 2. The van der Waals surface area contributed by atoms with Gasteiger partial charge >= 0.3 is 0 Å². The van der Waals surface area contributed by atoms with Crippen molar-refractivity contribution in [2.75, 3.05) is 10.0 Å². The van der Waals surface area contributed by atoms with E-state index in [9.17, 15) is 18.0 Å². The Kier molecular flexibility index (Phi) is 5.03. The summed E-state index contributed by atoms with van der Waals surface area (Å²) < 4.78 is 28.4. The maximum Gasteiger partial charge on any atom is 0.261 e. The van der Waals surface area contributed by atoms with Gasteiger partial charge < -0.3 is 10.6 Å². The van der Waals surface area contributed by atoms with Crippen LogP contribution in [0.15, 0.2) is 58.9 Å². The molecule has 10 heteroatoms. The largest absolute Gasteiger partial charge is 0.349 e. The Hall–Kier alpha value is -3.50. The molecule has 3 N–H and O–H groups in total. The van der Waals surface area contributed by atoms with Crippen molar-refractivity contribution in [3.8, 4) is 0 Å². The first kappa shape index (κ1) is 20.4. The summed E-state index contributed by atoms with van der Waals surface area (Å²) in [6.07, 6.45) is 5.26. The zero-order valence-corrected chi connectivity index (χ0v) is 18.3. The molecule has 0 radical (unpaired) electrons. The van der Waals surface area contributed by atoms with Crippen LogP contribution in [0.4, 0.5) is 11.4 Å². The van der Waals surface area contributed by atoms with E-state index >= 15 is 0 Å². The molecular formula is C22H18N4O4S2. The molecule has 0 atom stereocenters. The molecule has 2 amide bonds. The summed E-state index contributed by atoms with van der Waals surface area (Å²) in [5.41, 5.74) is 2.21. The second-order valence-corrected chi connectivity index (χ2v) is 10.1. The van der Waals surface area contributed by atoms with Crippen LogP contribution in [0.25, 0.3) is 11.6 Å². The summed E-state index contributed by atoms with van der Waals surface area (Å²) in [4.78, 5) is 28.6. The first-order valence-electron chi connectivity index (χ1n) is 9.90. The summed E-state index contributed by atoms with van der Waals surface area (Å²) in [7, 11) is -3.91. The highest BCUT2D eigenvalue weighted by atomic mass is 32.2. The highest BCUT2D eigenvalue weighted by Gasteiger charge is 2.27. The minimum absolute atomic E-state index is 0.0216. The number of hydrogen-bond donors (Lipinski definition) is 3. The normalized spacial score (nSPS) is 16.5. The van der Waals surface area contributed by atoms with Crippen LogP contribution in [0.1, 0.15) is 33.8 Å². The van der Waals surface area contributed by atoms with Crippen LogP contribution in [0.2, 0.25) is 0 Å². The molecule has 0 saturated heterocycles. The van der Waals surface area contributed by atoms with Gasteiger partial charge in [-0.1, -0.05) is 0 Å². The van der Waals surface area contributed by atoms with Crippen LogP contribution in [0.3, 0.4) is 0 Å². The average molecular weight is 467 g/mol. The number of amides is 2. The molecule has 0 spiro atoms. The van der Waals surface area contributed by atoms with Gasteiger partial charge in [0.2, 0.25) is 0 Å². The van der Waals surface area contributed by atoms with E-state index in [1.807, 2.05) is 0 Å². The summed E-state index contributed by atoms with van der Waals surface area (Å²) in [6.45, 7) is 0. The molecule has 2 aromatic carbocycles. The fraction of sp³-hybridized carbons (Fsp3) is 0.136. The lowest BCUT2D eigenvalue weighted by atomic mass is 10.1. The Morgan fingerprint density at radius 2 is 1.94 bits per heavy atom. The molecule has 8 nitrogen and oxygen atoms in total. The number of anilines is 2. The van der Waals surface area contributed by atoms with Crippen molar-refractivity contribution < 1.29 is 18.0 Å². The molecular weight excluding hydrogens is 448 g/mol. The minimum atomic E-state index is -3.91. The van der Waals surface area contributed by atoms with Crippen LogP contribution in [0, 0.1) is 0 Å². The van der Waals surface area contributed by atoms with Gasteiger partial charge in [0.15, 0.2) is 0 Å². The third-order valence-corrected chi connectivity index (χ3v) is 7.22. The number of nitrogens with one attached hydrogen (secondary N) is 3. The summed E-state index contributed by atoms with van der Waals surface area (Å²) >= 11 is 1.38. The number of hydrogen-bond acceptors (Lipinski definition) is 6. The van der Waals surface area contributed by atoms with Crippen molar-refractivity contribution in [2.24, 2.45) is 0 Å². The highest BCUT2D eigenvalue weighted by Crippen LogP contribution is 2.35. The van der Waals surface area contributed by atoms with Gasteiger partial charge in [-0.3, -0.25) is 14.3 Å². The Bertz CT molecular complexity index is 1340. The van der Waals surface area contributed by atoms with Gasteiger partial charge in [0, 0.05) is 40.1 Å². The fourth-order valence-electron chi connectivity index (χ4n) is 3.31. The Morgan fingerprint density at radius 3 is 2.62 bits per heavy atom. The number of aromatic nitrogens is 1. The van der Waals surface area contributed by atoms with Gasteiger partial charge in [-0.05, 0) is 61.4 Å². The van der Waals surface area contributed by atoms with Crippen molar-refractivity contribution in [3.63, 3.8) is 0 Å². The first-order valence-corrected chi connectivity index (χ1v) is 12.3. The molecule has 1 aromatic heterocycles. The van der Waals surface area contributed by atoms with Crippen LogP contribution in [0.5, 0.6) is 0 Å². The summed E-state index contributed by atoms with van der Waals surface area (Å²) in [5.74, 6) is -0.477. The van der Waals surface area contributed by atoms with E-state index in [1.54, 1.807) is 48.0 Å². The van der Waals surface area contributed by atoms with Crippen molar-refractivity contribution in [1.82, 2.24) is 10.3 Å². The molecule has 2 heterocycles. The van der Waals surface area contributed by atoms with Gasteiger partial charge in [-0.15, -0.1) is 11.3 Å². The molecule has 3 aromatic rings. The van der Waals surface area contributed by atoms with Crippen molar-refractivity contribution >= 4 is 56.2 Å². The SMILES string of the molecule is O=C1Nc2ccc(S(=O)(=O)Nc3ccc(C(=O)NC4CC4)cc3)cc2/C1=C\c1nccs1. The molecule has 162 valence electrons. The smallest absolute Gasteiger partial charge is 0.261 e. The lowest BCUT2D eigenvalue weighted by molar-refractivity contribution is -0.110. The summed E-state index contributed by atoms with van der Waals surface area (Å²) in [6, 6.07) is 11.0. The quantitative estimate of drug-likeness (QED) is 0.482. The van der Waals surface area contributed by atoms with Crippen LogP contribution in [-0.4, -0.2) is 31.3 Å². The average Bonchev–Trinajstić information content (AvgIpc) is 3.32.